The summed E-state index contributed by atoms with van der Waals surface area (Å²) in [6.07, 6.45) is 14.9. The van der Waals surface area contributed by atoms with Gasteiger partial charge in [-0.3, -0.25) is 4.79 Å². The summed E-state index contributed by atoms with van der Waals surface area (Å²) in [7, 11) is -1.80. The van der Waals surface area contributed by atoms with E-state index in [9.17, 15) is 9.90 Å². The van der Waals surface area contributed by atoms with Crippen LogP contribution in [-0.2, 0) is 9.22 Å². The van der Waals surface area contributed by atoms with Gasteiger partial charge in [0.25, 0.3) is 0 Å². The summed E-state index contributed by atoms with van der Waals surface area (Å²) >= 11 is 0. The van der Waals surface area contributed by atoms with Crippen molar-refractivity contribution in [3.05, 3.63) is 29.5 Å². The minimum atomic E-state index is -1.80. The van der Waals surface area contributed by atoms with E-state index >= 15 is 0 Å². The zero-order valence-corrected chi connectivity index (χ0v) is 21.7. The first-order valence-corrected chi connectivity index (χ1v) is 15.0. The van der Waals surface area contributed by atoms with Crippen LogP contribution in [0.4, 0.5) is 0 Å². The lowest BCUT2D eigenvalue weighted by atomic mass is 9.90. The molecule has 178 valence electrons. The van der Waals surface area contributed by atoms with Crippen LogP contribution in [0.15, 0.2) is 29.5 Å². The van der Waals surface area contributed by atoms with E-state index in [-0.39, 0.29) is 23.5 Å². The minimum Gasteiger partial charge on any atom is -0.481 e. The summed E-state index contributed by atoms with van der Waals surface area (Å²) < 4.78 is 6.80. The molecule has 31 heavy (non-hydrogen) atoms. The largest absolute Gasteiger partial charge is 0.481 e. The predicted molar refractivity (Wildman–Crippen MR) is 132 cm³/mol. The normalized spacial score (nSPS) is 20.2. The van der Waals surface area contributed by atoms with Crippen LogP contribution in [0.1, 0.15) is 91.9 Å². The fourth-order valence-corrected chi connectivity index (χ4v) is 5.30. The third kappa shape index (κ3) is 10.4. The third-order valence-corrected chi connectivity index (χ3v) is 11.4. The zero-order chi connectivity index (χ0) is 23.5. The number of aliphatic hydroxyl groups excluding tert-OH is 1. The Bertz CT molecular complexity index is 638. The number of rotatable bonds is 14. The Balaban J connectivity index is 2.67. The van der Waals surface area contributed by atoms with Gasteiger partial charge in [0.1, 0.15) is 0 Å². The number of carbonyl (C=O) groups is 1. The Hall–Kier alpha value is -1.13. The molecule has 1 rings (SSSR count). The quantitative estimate of drug-likeness (QED) is 0.129. The molecule has 0 fully saturated rings. The zero-order valence-electron chi connectivity index (χ0n) is 20.7. The average molecular weight is 451 g/mol. The molecule has 5 heteroatoms. The van der Waals surface area contributed by atoms with Crippen molar-refractivity contribution in [2.24, 2.45) is 5.92 Å². The molecule has 0 aliphatic heterocycles. The van der Waals surface area contributed by atoms with E-state index in [1.54, 1.807) is 6.08 Å². The topological polar surface area (TPSA) is 66.8 Å². The van der Waals surface area contributed by atoms with Crippen LogP contribution < -0.4 is 0 Å². The highest BCUT2D eigenvalue weighted by Crippen LogP contribution is 2.39. The fraction of sp³-hybridized carbons (Fsp3) is 0.769. The van der Waals surface area contributed by atoms with Crippen LogP contribution in [0.5, 0.6) is 0 Å². The Morgan fingerprint density at radius 3 is 2.61 bits per heavy atom. The number of hydrogen-bond donors (Lipinski definition) is 2. The van der Waals surface area contributed by atoms with E-state index in [1.165, 1.54) is 24.8 Å². The van der Waals surface area contributed by atoms with Crippen LogP contribution in [0.25, 0.3) is 0 Å². The summed E-state index contributed by atoms with van der Waals surface area (Å²) in [5, 5.41) is 19.3. The standard InChI is InChI=1S/C26H46O4Si/c1-7-8-11-14-22(30-31(5,6)26(2,3)4)19-17-21-18-20-24(27)23(21)15-12-9-10-13-16-25(28)29/h9,13,18,22-24,27H,7-8,11-12,14-17,19-20H2,1-6H3,(H,28,29)/t10?,22?,23-,24?/m1/s1. The summed E-state index contributed by atoms with van der Waals surface area (Å²) in [6, 6.07) is 0. The summed E-state index contributed by atoms with van der Waals surface area (Å²) in [5.74, 6) is -0.646. The molecule has 0 amide bonds. The first kappa shape index (κ1) is 27.9. The molecule has 2 unspecified atom stereocenters. The maximum Gasteiger partial charge on any atom is 0.307 e. The maximum absolute atomic E-state index is 10.5. The lowest BCUT2D eigenvalue weighted by molar-refractivity contribution is -0.136. The molecule has 4 nitrogen and oxygen atoms in total. The molecular formula is C26H46O4Si. The van der Waals surface area contributed by atoms with Crippen LogP contribution in [-0.4, -0.2) is 36.7 Å². The summed E-state index contributed by atoms with van der Waals surface area (Å²) in [4.78, 5) is 10.5. The van der Waals surface area contributed by atoms with Gasteiger partial charge in [-0.2, -0.15) is 0 Å². The molecule has 0 aromatic heterocycles. The molecule has 3 atom stereocenters. The van der Waals surface area contributed by atoms with Crippen molar-refractivity contribution in [2.75, 3.05) is 0 Å². The lowest BCUT2D eigenvalue weighted by Crippen LogP contribution is -2.44. The third-order valence-electron chi connectivity index (χ3n) is 6.85. The van der Waals surface area contributed by atoms with E-state index in [2.05, 4.69) is 52.6 Å². The molecule has 0 aromatic rings. The number of aliphatic carboxylic acids is 1. The van der Waals surface area contributed by atoms with Gasteiger partial charge in [0.2, 0.25) is 0 Å². The Morgan fingerprint density at radius 1 is 1.29 bits per heavy atom. The maximum atomic E-state index is 10.5. The van der Waals surface area contributed by atoms with Crippen molar-refractivity contribution in [3.63, 3.8) is 0 Å². The number of aliphatic hydroxyl groups is 1. The second-order valence-corrected chi connectivity index (χ2v) is 15.2. The van der Waals surface area contributed by atoms with Crippen molar-refractivity contribution < 1.29 is 19.4 Å². The first-order chi connectivity index (χ1) is 14.5. The van der Waals surface area contributed by atoms with E-state index in [0.717, 1.165) is 38.5 Å². The monoisotopic (exact) mass is 450 g/mol. The van der Waals surface area contributed by atoms with E-state index in [1.807, 2.05) is 6.08 Å². The molecule has 2 N–H and O–H groups in total. The number of unbranched alkanes of at least 4 members (excludes halogenated alkanes) is 2. The predicted octanol–water partition coefficient (Wildman–Crippen LogP) is 7.01. The molecule has 0 saturated carbocycles. The molecule has 0 spiro atoms. The summed E-state index contributed by atoms with van der Waals surface area (Å²) in [6.45, 7) is 13.8. The molecule has 0 saturated heterocycles. The fourth-order valence-electron chi connectivity index (χ4n) is 3.88. The highest BCUT2D eigenvalue weighted by Gasteiger charge is 2.39. The van der Waals surface area contributed by atoms with E-state index in [4.69, 9.17) is 9.53 Å². The van der Waals surface area contributed by atoms with Gasteiger partial charge in [-0.15, -0.1) is 5.73 Å². The van der Waals surface area contributed by atoms with Crippen molar-refractivity contribution in [1.29, 1.82) is 0 Å². The van der Waals surface area contributed by atoms with Gasteiger partial charge >= 0.3 is 5.97 Å². The van der Waals surface area contributed by atoms with Crippen molar-refractivity contribution in [2.45, 2.75) is 122 Å². The van der Waals surface area contributed by atoms with E-state index < -0.39 is 14.3 Å². The van der Waals surface area contributed by atoms with Gasteiger partial charge in [0.05, 0.1) is 12.5 Å². The van der Waals surface area contributed by atoms with Gasteiger partial charge in [-0.05, 0) is 68.8 Å². The first-order valence-electron chi connectivity index (χ1n) is 12.1. The van der Waals surface area contributed by atoms with Crippen molar-refractivity contribution in [3.8, 4) is 0 Å². The molecule has 0 radical (unpaired) electrons. The van der Waals surface area contributed by atoms with Crippen molar-refractivity contribution >= 4 is 14.3 Å². The smallest absolute Gasteiger partial charge is 0.307 e. The number of carboxylic acid groups (broad SMARTS) is 1. The molecule has 1 aliphatic carbocycles. The highest BCUT2D eigenvalue weighted by atomic mass is 28.4. The molecule has 1 aliphatic rings. The van der Waals surface area contributed by atoms with Gasteiger partial charge in [0, 0.05) is 12.0 Å². The molecule has 0 aromatic carbocycles. The second-order valence-electron chi connectivity index (χ2n) is 10.5. The molecular weight excluding hydrogens is 404 g/mol. The van der Waals surface area contributed by atoms with Crippen molar-refractivity contribution in [1.82, 2.24) is 0 Å². The van der Waals surface area contributed by atoms with Crippen LogP contribution in [0.2, 0.25) is 18.1 Å². The van der Waals surface area contributed by atoms with E-state index in [0.29, 0.717) is 6.10 Å². The van der Waals surface area contributed by atoms with Crippen LogP contribution in [0, 0.1) is 5.92 Å². The Kier molecular flexibility index (Phi) is 12.1. The van der Waals surface area contributed by atoms with Crippen LogP contribution in [0.3, 0.4) is 0 Å². The van der Waals surface area contributed by atoms with Gasteiger partial charge in [0.15, 0.2) is 8.32 Å². The average Bonchev–Trinajstić information content (AvgIpc) is 3.01. The van der Waals surface area contributed by atoms with Gasteiger partial charge in [-0.1, -0.05) is 58.6 Å². The summed E-state index contributed by atoms with van der Waals surface area (Å²) in [5.41, 5.74) is 4.31. The Labute approximate surface area is 191 Å². The highest BCUT2D eigenvalue weighted by molar-refractivity contribution is 6.74. The molecule has 0 bridgehead atoms. The number of hydrogen-bond acceptors (Lipinski definition) is 3. The molecule has 0 heterocycles. The van der Waals surface area contributed by atoms with Crippen LogP contribution >= 0.6 is 0 Å². The minimum absolute atomic E-state index is 0.00134. The lowest BCUT2D eigenvalue weighted by Gasteiger charge is -2.39. The van der Waals surface area contributed by atoms with Gasteiger partial charge in [-0.25, -0.2) is 0 Å². The second kappa shape index (κ2) is 13.4. The SMILES string of the molecule is CCCCCC(CCC1=CCC(O)[C@@H]1CCC=C=CCC(=O)O)O[Si](C)(C)C(C)(C)C. The Morgan fingerprint density at radius 2 is 2.00 bits per heavy atom. The number of carboxylic acids is 1. The van der Waals surface area contributed by atoms with Gasteiger partial charge < -0.3 is 14.6 Å².